The minimum Gasteiger partial charge on any atom is -0.480 e. The van der Waals surface area contributed by atoms with Crippen molar-refractivity contribution in [3.63, 3.8) is 0 Å². The molecule has 6 heteroatoms. The summed E-state index contributed by atoms with van der Waals surface area (Å²) in [5, 5.41) is 7.16. The van der Waals surface area contributed by atoms with E-state index in [-0.39, 0.29) is 6.04 Å². The number of carbonyl (C=O) groups is 1. The molecule has 0 amide bonds. The number of hydrogen-bond donors (Lipinski definition) is 2. The normalized spacial score (nSPS) is 14.3. The number of aliphatic carboxylic acids is 1. The molecule has 0 rings (SSSR count). The monoisotopic (exact) mass is 223 g/mol. The van der Waals surface area contributed by atoms with Gasteiger partial charge in [-0.2, -0.15) is 0 Å². The van der Waals surface area contributed by atoms with Crippen molar-refractivity contribution < 1.29 is 18.3 Å². The van der Waals surface area contributed by atoms with Gasteiger partial charge in [0.2, 0.25) is 10.0 Å². The Bertz CT molecular complexity index is 282. The fraction of sp³-hybridized carbons (Fsp3) is 0.875. The molecule has 0 saturated carbocycles. The second-order valence-electron chi connectivity index (χ2n) is 3.16. The lowest BCUT2D eigenvalue weighted by molar-refractivity contribution is -0.136. The summed E-state index contributed by atoms with van der Waals surface area (Å²) in [5.41, 5.74) is 0. The van der Waals surface area contributed by atoms with Crippen molar-refractivity contribution >= 4 is 16.0 Å². The molecule has 0 saturated heterocycles. The highest BCUT2D eigenvalue weighted by molar-refractivity contribution is 7.90. The van der Waals surface area contributed by atoms with E-state index < -0.39 is 21.2 Å². The lowest BCUT2D eigenvalue weighted by Gasteiger charge is -2.16. The van der Waals surface area contributed by atoms with Gasteiger partial charge in [-0.1, -0.05) is 13.8 Å². The first-order chi connectivity index (χ1) is 6.35. The minimum atomic E-state index is -3.73. The molecular weight excluding hydrogens is 206 g/mol. The van der Waals surface area contributed by atoms with E-state index in [0.717, 1.165) is 6.92 Å². The fourth-order valence-corrected chi connectivity index (χ4v) is 2.19. The smallest absolute Gasteiger partial charge is 0.323 e. The van der Waals surface area contributed by atoms with Crippen LogP contribution < -0.4 is 4.72 Å². The molecule has 14 heavy (non-hydrogen) atoms. The van der Waals surface area contributed by atoms with Crippen LogP contribution in [-0.2, 0) is 14.8 Å². The quantitative estimate of drug-likeness (QED) is 0.689. The molecule has 5 nitrogen and oxygen atoms in total. The van der Waals surface area contributed by atoms with Crippen LogP contribution in [0.5, 0.6) is 0 Å². The van der Waals surface area contributed by atoms with Crippen molar-refractivity contribution in [1.82, 2.24) is 4.72 Å². The third-order valence-electron chi connectivity index (χ3n) is 2.13. The molecule has 0 spiro atoms. The van der Waals surface area contributed by atoms with E-state index in [1.807, 2.05) is 13.8 Å². The Morgan fingerprint density at radius 1 is 1.36 bits per heavy atom. The zero-order valence-corrected chi connectivity index (χ0v) is 9.47. The number of rotatable bonds is 6. The molecule has 0 fully saturated rings. The van der Waals surface area contributed by atoms with Crippen molar-refractivity contribution in [2.45, 2.75) is 44.9 Å². The van der Waals surface area contributed by atoms with Crippen LogP contribution in [0.25, 0.3) is 0 Å². The highest BCUT2D eigenvalue weighted by Crippen LogP contribution is 2.04. The zero-order valence-electron chi connectivity index (χ0n) is 8.65. The van der Waals surface area contributed by atoms with E-state index in [1.165, 1.54) is 0 Å². The molecule has 2 N–H and O–H groups in total. The fourth-order valence-electron chi connectivity index (χ4n) is 0.922. The van der Waals surface area contributed by atoms with Crippen LogP contribution >= 0.6 is 0 Å². The van der Waals surface area contributed by atoms with Crippen LogP contribution in [0.15, 0.2) is 0 Å². The Labute approximate surface area is 84.6 Å². The molecule has 0 bridgehead atoms. The van der Waals surface area contributed by atoms with Crippen LogP contribution in [-0.4, -0.2) is 30.8 Å². The molecule has 0 aliphatic heterocycles. The predicted molar refractivity (Wildman–Crippen MR) is 53.5 cm³/mol. The van der Waals surface area contributed by atoms with Crippen LogP contribution in [0.1, 0.15) is 33.6 Å². The van der Waals surface area contributed by atoms with Crippen LogP contribution in [0.2, 0.25) is 0 Å². The maximum Gasteiger partial charge on any atom is 0.323 e. The molecular formula is C8H17NO4S. The van der Waals surface area contributed by atoms with Crippen molar-refractivity contribution in [1.29, 1.82) is 0 Å². The van der Waals surface area contributed by atoms with Crippen molar-refractivity contribution in [2.24, 2.45) is 0 Å². The predicted octanol–water partition coefficient (Wildman–Crippen LogP) is 0.567. The van der Waals surface area contributed by atoms with Crippen molar-refractivity contribution in [3.8, 4) is 0 Å². The average Bonchev–Trinajstić information content (AvgIpc) is 2.12. The number of carboxylic acids is 1. The number of hydrogen-bond acceptors (Lipinski definition) is 3. The summed E-state index contributed by atoms with van der Waals surface area (Å²) >= 11 is 0. The Hall–Kier alpha value is -0.620. The summed E-state index contributed by atoms with van der Waals surface area (Å²) in [6.07, 6.45) is 1.31. The molecule has 1 unspecified atom stereocenters. The second-order valence-corrected chi connectivity index (χ2v) is 5.19. The number of sulfonamides is 1. The molecule has 0 aliphatic carbocycles. The van der Waals surface area contributed by atoms with Gasteiger partial charge in [0.1, 0.15) is 0 Å². The maximum atomic E-state index is 11.4. The summed E-state index contributed by atoms with van der Waals surface area (Å²) in [4.78, 5) is 10.5. The molecule has 0 aromatic carbocycles. The summed E-state index contributed by atoms with van der Waals surface area (Å²) in [6.45, 7) is 4.86. The van der Waals surface area contributed by atoms with Gasteiger partial charge in [0.25, 0.3) is 0 Å². The van der Waals surface area contributed by atoms with Gasteiger partial charge in [-0.3, -0.25) is 4.79 Å². The van der Waals surface area contributed by atoms with E-state index in [9.17, 15) is 13.2 Å². The second kappa shape index (κ2) is 5.31. The lowest BCUT2D eigenvalue weighted by atomic mass is 10.2. The zero-order chi connectivity index (χ0) is 11.4. The maximum absolute atomic E-state index is 11.4. The van der Waals surface area contributed by atoms with Crippen molar-refractivity contribution in [3.05, 3.63) is 0 Å². The summed E-state index contributed by atoms with van der Waals surface area (Å²) in [6, 6.07) is -0.179. The topological polar surface area (TPSA) is 83.5 Å². The van der Waals surface area contributed by atoms with Gasteiger partial charge < -0.3 is 5.11 Å². The SMILES string of the molecule is CCC(CC)NS(=O)(=O)C(C)C(=O)O. The van der Waals surface area contributed by atoms with E-state index in [4.69, 9.17) is 5.11 Å². The van der Waals surface area contributed by atoms with Gasteiger partial charge in [-0.25, -0.2) is 13.1 Å². The Morgan fingerprint density at radius 2 is 1.79 bits per heavy atom. The summed E-state index contributed by atoms with van der Waals surface area (Å²) in [7, 11) is -3.73. The van der Waals surface area contributed by atoms with E-state index >= 15 is 0 Å². The van der Waals surface area contributed by atoms with Gasteiger partial charge in [0.15, 0.2) is 5.25 Å². The van der Waals surface area contributed by atoms with Gasteiger partial charge >= 0.3 is 5.97 Å². The Balaban J connectivity index is 4.56. The minimum absolute atomic E-state index is 0.179. The largest absolute Gasteiger partial charge is 0.480 e. The Morgan fingerprint density at radius 3 is 2.07 bits per heavy atom. The molecule has 0 radical (unpaired) electrons. The van der Waals surface area contributed by atoms with Gasteiger partial charge in [-0.15, -0.1) is 0 Å². The molecule has 0 aromatic heterocycles. The summed E-state index contributed by atoms with van der Waals surface area (Å²) in [5.74, 6) is -1.33. The van der Waals surface area contributed by atoms with Crippen LogP contribution in [0.3, 0.4) is 0 Å². The average molecular weight is 223 g/mol. The number of carboxylic acid groups (broad SMARTS) is 1. The number of nitrogens with one attached hydrogen (secondary N) is 1. The summed E-state index contributed by atoms with van der Waals surface area (Å²) < 4.78 is 25.2. The first-order valence-electron chi connectivity index (χ1n) is 4.59. The standard InChI is InChI=1S/C8H17NO4S/c1-4-7(5-2)9-14(12,13)6(3)8(10)11/h6-7,9H,4-5H2,1-3H3,(H,10,11). The van der Waals surface area contributed by atoms with Gasteiger partial charge in [-0.05, 0) is 19.8 Å². The van der Waals surface area contributed by atoms with Crippen LogP contribution in [0.4, 0.5) is 0 Å². The first kappa shape index (κ1) is 13.4. The molecule has 0 aliphatic rings. The highest BCUT2D eigenvalue weighted by atomic mass is 32.2. The molecule has 84 valence electrons. The van der Waals surface area contributed by atoms with Gasteiger partial charge in [0.05, 0.1) is 0 Å². The van der Waals surface area contributed by atoms with Crippen LogP contribution in [0, 0.1) is 0 Å². The van der Waals surface area contributed by atoms with E-state index in [0.29, 0.717) is 12.8 Å². The molecule has 0 aromatic rings. The van der Waals surface area contributed by atoms with Gasteiger partial charge in [0, 0.05) is 6.04 Å². The molecule has 1 atom stereocenters. The van der Waals surface area contributed by atoms with Crippen molar-refractivity contribution in [2.75, 3.05) is 0 Å². The Kier molecular flexibility index (Phi) is 5.07. The van der Waals surface area contributed by atoms with E-state index in [2.05, 4.69) is 4.72 Å². The third kappa shape index (κ3) is 3.63. The third-order valence-corrected chi connectivity index (χ3v) is 3.92. The molecule has 0 heterocycles. The highest BCUT2D eigenvalue weighted by Gasteiger charge is 2.28. The lowest BCUT2D eigenvalue weighted by Crippen LogP contribution is -2.42. The van der Waals surface area contributed by atoms with E-state index in [1.54, 1.807) is 0 Å². The first-order valence-corrected chi connectivity index (χ1v) is 6.13.